The quantitative estimate of drug-likeness (QED) is 0.801. The molecule has 6 heteroatoms. The van der Waals surface area contributed by atoms with Crippen molar-refractivity contribution < 1.29 is 18.7 Å². The Bertz CT molecular complexity index is 775. The third-order valence-electron chi connectivity index (χ3n) is 4.33. The third-order valence-corrected chi connectivity index (χ3v) is 4.33. The molecule has 0 radical (unpaired) electrons. The monoisotopic (exact) mass is 356 g/mol. The Balaban J connectivity index is 1.41. The van der Waals surface area contributed by atoms with Crippen LogP contribution < -0.4 is 15.4 Å². The van der Waals surface area contributed by atoms with Crippen molar-refractivity contribution in [1.29, 1.82) is 0 Å². The summed E-state index contributed by atoms with van der Waals surface area (Å²) in [7, 11) is 0. The second-order valence-corrected chi connectivity index (χ2v) is 6.51. The number of benzene rings is 2. The van der Waals surface area contributed by atoms with Crippen LogP contribution in [0.25, 0.3) is 0 Å². The molecule has 3 rings (SSSR count). The van der Waals surface area contributed by atoms with E-state index in [1.165, 1.54) is 12.1 Å². The average molecular weight is 356 g/mol. The lowest BCUT2D eigenvalue weighted by molar-refractivity contribution is -0.127. The van der Waals surface area contributed by atoms with Gasteiger partial charge in [0, 0.05) is 12.5 Å². The van der Waals surface area contributed by atoms with Gasteiger partial charge in [-0.3, -0.25) is 9.59 Å². The molecule has 2 unspecified atom stereocenters. The standard InChI is InChI=1S/C20H21FN2O3/c1-13-10-18(13)20(25)23-12-19(24)22-11-14-2-6-16(7-3-14)26-17-8-4-15(21)5-9-17/h2-9,13,18H,10-12H2,1H3,(H,22,24)(H,23,25). The molecule has 0 bridgehead atoms. The SMILES string of the molecule is CC1CC1C(=O)NCC(=O)NCc1ccc(Oc2ccc(F)cc2)cc1. The minimum atomic E-state index is -0.314. The first-order valence-electron chi connectivity index (χ1n) is 8.58. The third kappa shape index (κ3) is 5.05. The van der Waals surface area contributed by atoms with Gasteiger partial charge in [0.25, 0.3) is 0 Å². The van der Waals surface area contributed by atoms with Crippen LogP contribution in [0, 0.1) is 17.7 Å². The highest BCUT2D eigenvalue weighted by molar-refractivity contribution is 5.87. The molecule has 0 aromatic heterocycles. The number of hydrogen-bond acceptors (Lipinski definition) is 3. The molecular weight excluding hydrogens is 335 g/mol. The van der Waals surface area contributed by atoms with Crippen molar-refractivity contribution in [2.75, 3.05) is 6.54 Å². The average Bonchev–Trinajstić information content (AvgIpc) is 3.38. The molecular formula is C20H21FN2O3. The Morgan fingerprint density at radius 3 is 2.19 bits per heavy atom. The molecule has 0 heterocycles. The van der Waals surface area contributed by atoms with Gasteiger partial charge in [0.05, 0.1) is 6.54 Å². The first-order valence-corrected chi connectivity index (χ1v) is 8.58. The fourth-order valence-corrected chi connectivity index (χ4v) is 2.56. The van der Waals surface area contributed by atoms with Crippen LogP contribution in [0.15, 0.2) is 48.5 Å². The van der Waals surface area contributed by atoms with E-state index in [-0.39, 0.29) is 30.1 Å². The molecule has 1 aliphatic carbocycles. The fourth-order valence-electron chi connectivity index (χ4n) is 2.56. The summed E-state index contributed by atoms with van der Waals surface area (Å²) >= 11 is 0. The van der Waals surface area contributed by atoms with Gasteiger partial charge in [-0.2, -0.15) is 0 Å². The highest BCUT2D eigenvalue weighted by Crippen LogP contribution is 2.37. The van der Waals surface area contributed by atoms with E-state index in [9.17, 15) is 14.0 Å². The van der Waals surface area contributed by atoms with Gasteiger partial charge in [-0.05, 0) is 54.3 Å². The predicted octanol–water partition coefficient (Wildman–Crippen LogP) is 3.01. The first kappa shape index (κ1) is 17.9. The van der Waals surface area contributed by atoms with Crippen LogP contribution in [0.4, 0.5) is 4.39 Å². The lowest BCUT2D eigenvalue weighted by Crippen LogP contribution is -2.37. The molecule has 136 valence electrons. The van der Waals surface area contributed by atoms with Crippen LogP contribution >= 0.6 is 0 Å². The van der Waals surface area contributed by atoms with Gasteiger partial charge in [-0.25, -0.2) is 4.39 Å². The molecule has 0 aliphatic heterocycles. The van der Waals surface area contributed by atoms with Gasteiger partial charge in [0.15, 0.2) is 0 Å². The zero-order chi connectivity index (χ0) is 18.5. The minimum absolute atomic E-state index is 0.00614. The Labute approximate surface area is 151 Å². The summed E-state index contributed by atoms with van der Waals surface area (Å²) in [5.74, 6) is 1.08. The van der Waals surface area contributed by atoms with Crippen molar-refractivity contribution in [3.63, 3.8) is 0 Å². The molecule has 2 aromatic carbocycles. The fraction of sp³-hybridized carbons (Fsp3) is 0.300. The van der Waals surface area contributed by atoms with Gasteiger partial charge < -0.3 is 15.4 Å². The van der Waals surface area contributed by atoms with E-state index in [0.29, 0.717) is 24.0 Å². The number of amides is 2. The van der Waals surface area contributed by atoms with Crippen LogP contribution in [-0.4, -0.2) is 18.4 Å². The van der Waals surface area contributed by atoms with Crippen molar-refractivity contribution in [3.05, 3.63) is 59.9 Å². The highest BCUT2D eigenvalue weighted by atomic mass is 19.1. The van der Waals surface area contributed by atoms with Gasteiger partial charge in [-0.15, -0.1) is 0 Å². The maximum Gasteiger partial charge on any atom is 0.239 e. The summed E-state index contributed by atoms with van der Waals surface area (Å²) in [6, 6.07) is 13.0. The molecule has 2 amide bonds. The van der Waals surface area contributed by atoms with E-state index < -0.39 is 0 Å². The van der Waals surface area contributed by atoms with Gasteiger partial charge in [0.2, 0.25) is 11.8 Å². The van der Waals surface area contributed by atoms with Crippen LogP contribution in [0.2, 0.25) is 0 Å². The molecule has 5 nitrogen and oxygen atoms in total. The van der Waals surface area contributed by atoms with E-state index in [4.69, 9.17) is 4.74 Å². The van der Waals surface area contributed by atoms with Crippen molar-refractivity contribution in [1.82, 2.24) is 10.6 Å². The molecule has 1 fully saturated rings. The number of carbonyl (C=O) groups is 2. The smallest absolute Gasteiger partial charge is 0.239 e. The number of halogens is 1. The summed E-state index contributed by atoms with van der Waals surface area (Å²) < 4.78 is 18.5. The molecule has 2 aromatic rings. The second kappa shape index (κ2) is 7.99. The molecule has 1 aliphatic rings. The lowest BCUT2D eigenvalue weighted by atomic mass is 10.2. The van der Waals surface area contributed by atoms with Crippen LogP contribution in [0.5, 0.6) is 11.5 Å². The summed E-state index contributed by atoms with van der Waals surface area (Å²) in [6.45, 7) is 2.38. The van der Waals surface area contributed by atoms with Gasteiger partial charge in [0.1, 0.15) is 17.3 Å². The number of nitrogens with one attached hydrogen (secondary N) is 2. The summed E-state index contributed by atoms with van der Waals surface area (Å²) in [4.78, 5) is 23.5. The van der Waals surface area contributed by atoms with E-state index >= 15 is 0 Å². The van der Waals surface area contributed by atoms with Crippen molar-refractivity contribution >= 4 is 11.8 Å². The maximum absolute atomic E-state index is 12.9. The molecule has 0 spiro atoms. The minimum Gasteiger partial charge on any atom is -0.457 e. The first-order chi connectivity index (χ1) is 12.5. The predicted molar refractivity (Wildman–Crippen MR) is 95.0 cm³/mol. The number of hydrogen-bond donors (Lipinski definition) is 2. The molecule has 26 heavy (non-hydrogen) atoms. The molecule has 2 N–H and O–H groups in total. The Hall–Kier alpha value is -2.89. The van der Waals surface area contributed by atoms with Crippen molar-refractivity contribution in [2.45, 2.75) is 19.9 Å². The van der Waals surface area contributed by atoms with Gasteiger partial charge in [-0.1, -0.05) is 19.1 Å². The molecule has 1 saturated carbocycles. The summed E-state index contributed by atoms with van der Waals surface area (Å²) in [5, 5.41) is 5.42. The van der Waals surface area contributed by atoms with Crippen molar-refractivity contribution in [2.24, 2.45) is 11.8 Å². The Morgan fingerprint density at radius 1 is 1.04 bits per heavy atom. The van der Waals surface area contributed by atoms with E-state index in [1.807, 2.05) is 19.1 Å². The normalized spacial score (nSPS) is 18.1. The van der Waals surface area contributed by atoms with E-state index in [2.05, 4.69) is 10.6 Å². The summed E-state index contributed by atoms with van der Waals surface area (Å²) in [5.41, 5.74) is 0.909. The second-order valence-electron chi connectivity index (χ2n) is 6.51. The lowest BCUT2D eigenvalue weighted by Gasteiger charge is -2.09. The van der Waals surface area contributed by atoms with Crippen LogP contribution in [0.3, 0.4) is 0 Å². The van der Waals surface area contributed by atoms with Crippen LogP contribution in [0.1, 0.15) is 18.9 Å². The summed E-state index contributed by atoms with van der Waals surface area (Å²) in [6.07, 6.45) is 0.903. The Morgan fingerprint density at radius 2 is 1.62 bits per heavy atom. The molecule has 0 saturated heterocycles. The topological polar surface area (TPSA) is 67.4 Å². The molecule has 2 atom stereocenters. The number of rotatable bonds is 7. The van der Waals surface area contributed by atoms with E-state index in [1.54, 1.807) is 24.3 Å². The highest BCUT2D eigenvalue weighted by Gasteiger charge is 2.38. The van der Waals surface area contributed by atoms with Crippen LogP contribution in [-0.2, 0) is 16.1 Å². The zero-order valence-electron chi connectivity index (χ0n) is 14.5. The largest absolute Gasteiger partial charge is 0.457 e. The maximum atomic E-state index is 12.9. The Kier molecular flexibility index (Phi) is 5.51. The number of carbonyl (C=O) groups excluding carboxylic acids is 2. The number of ether oxygens (including phenoxy) is 1. The van der Waals surface area contributed by atoms with Crippen molar-refractivity contribution in [3.8, 4) is 11.5 Å². The van der Waals surface area contributed by atoms with Gasteiger partial charge >= 0.3 is 0 Å². The van der Waals surface area contributed by atoms with E-state index in [0.717, 1.165) is 12.0 Å². The zero-order valence-corrected chi connectivity index (χ0v) is 14.5.